The van der Waals surface area contributed by atoms with Gasteiger partial charge in [0.05, 0.1) is 11.3 Å². The Balaban J connectivity index is 1.78. The molecule has 0 saturated carbocycles. The predicted molar refractivity (Wildman–Crippen MR) is 92.1 cm³/mol. The van der Waals surface area contributed by atoms with Crippen LogP contribution in [0.15, 0.2) is 78.9 Å². The molecule has 3 aromatic rings. The summed E-state index contributed by atoms with van der Waals surface area (Å²) in [7, 11) is 0. The fourth-order valence-electron chi connectivity index (χ4n) is 2.21. The highest BCUT2D eigenvalue weighted by Gasteiger charge is 2.10. The van der Waals surface area contributed by atoms with Gasteiger partial charge in [0.25, 0.3) is 5.91 Å². The molecule has 0 aliphatic heterocycles. The lowest BCUT2D eigenvalue weighted by atomic mass is 10.1. The van der Waals surface area contributed by atoms with Crippen LogP contribution in [0.4, 0.5) is 5.69 Å². The molecule has 1 N–H and O–H groups in total. The van der Waals surface area contributed by atoms with Crippen molar-refractivity contribution in [3.63, 3.8) is 0 Å². The van der Waals surface area contributed by atoms with Gasteiger partial charge in [0.15, 0.2) is 0 Å². The Kier molecular flexibility index (Phi) is 4.55. The van der Waals surface area contributed by atoms with Gasteiger partial charge < -0.3 is 10.1 Å². The second-order valence-electron chi connectivity index (χ2n) is 5.05. The first-order valence-corrected chi connectivity index (χ1v) is 7.40. The van der Waals surface area contributed by atoms with Gasteiger partial charge in [-0.3, -0.25) is 4.79 Å². The summed E-state index contributed by atoms with van der Waals surface area (Å²) in [6, 6.07) is 25.2. The summed E-state index contributed by atoms with van der Waals surface area (Å²) >= 11 is 0. The van der Waals surface area contributed by atoms with Crippen LogP contribution in [0.3, 0.4) is 0 Å². The number of nitriles is 1. The van der Waals surface area contributed by atoms with Gasteiger partial charge in [-0.15, -0.1) is 0 Å². The van der Waals surface area contributed by atoms with E-state index in [0.717, 1.165) is 0 Å². The molecule has 0 aliphatic rings. The Morgan fingerprint density at radius 1 is 0.875 bits per heavy atom. The predicted octanol–water partition coefficient (Wildman–Crippen LogP) is 4.60. The number of amides is 1. The molecule has 0 aromatic heterocycles. The number of carbonyl (C=O) groups excluding carboxylic acids is 1. The Labute approximate surface area is 139 Å². The molecule has 24 heavy (non-hydrogen) atoms. The standard InChI is InChI=1S/C20H14N2O2/c21-14-16-7-4-5-12-19(16)22-20(23)15-8-6-11-18(13-15)24-17-9-2-1-3-10-17/h1-13H,(H,22,23). The summed E-state index contributed by atoms with van der Waals surface area (Å²) in [5.74, 6) is 0.975. The van der Waals surface area contributed by atoms with Gasteiger partial charge in [0, 0.05) is 5.56 Å². The van der Waals surface area contributed by atoms with E-state index in [4.69, 9.17) is 10.00 Å². The van der Waals surface area contributed by atoms with Crippen molar-refractivity contribution < 1.29 is 9.53 Å². The molecule has 0 atom stereocenters. The van der Waals surface area contributed by atoms with Crippen LogP contribution in [0.25, 0.3) is 0 Å². The van der Waals surface area contributed by atoms with Gasteiger partial charge in [-0.25, -0.2) is 0 Å². The molecule has 3 aromatic carbocycles. The first kappa shape index (κ1) is 15.3. The Hall–Kier alpha value is -3.58. The molecule has 4 nitrogen and oxygen atoms in total. The largest absolute Gasteiger partial charge is 0.457 e. The van der Waals surface area contributed by atoms with Crippen molar-refractivity contribution in [2.24, 2.45) is 0 Å². The number of para-hydroxylation sites is 2. The molecule has 1 amide bonds. The molecule has 0 spiro atoms. The van der Waals surface area contributed by atoms with Gasteiger partial charge in [0.1, 0.15) is 17.6 Å². The summed E-state index contributed by atoms with van der Waals surface area (Å²) in [5, 5.41) is 11.8. The van der Waals surface area contributed by atoms with E-state index >= 15 is 0 Å². The summed E-state index contributed by atoms with van der Waals surface area (Å²) in [6.07, 6.45) is 0. The maximum atomic E-state index is 12.4. The molecule has 0 saturated heterocycles. The van der Waals surface area contributed by atoms with Crippen LogP contribution in [0, 0.1) is 11.3 Å². The summed E-state index contributed by atoms with van der Waals surface area (Å²) in [5.41, 5.74) is 1.36. The molecule has 0 unspecified atom stereocenters. The Morgan fingerprint density at radius 3 is 2.38 bits per heavy atom. The molecule has 0 radical (unpaired) electrons. The number of ether oxygens (including phenoxy) is 1. The van der Waals surface area contributed by atoms with Crippen LogP contribution in [0.2, 0.25) is 0 Å². The number of hydrogen-bond donors (Lipinski definition) is 1. The molecular weight excluding hydrogens is 300 g/mol. The van der Waals surface area contributed by atoms with E-state index in [9.17, 15) is 4.79 Å². The quantitative estimate of drug-likeness (QED) is 0.765. The van der Waals surface area contributed by atoms with E-state index in [0.29, 0.717) is 28.3 Å². The van der Waals surface area contributed by atoms with Crippen LogP contribution in [-0.2, 0) is 0 Å². The molecule has 0 bridgehead atoms. The first-order chi connectivity index (χ1) is 11.8. The maximum absolute atomic E-state index is 12.4. The van der Waals surface area contributed by atoms with E-state index in [1.54, 1.807) is 48.5 Å². The number of carbonyl (C=O) groups is 1. The van der Waals surface area contributed by atoms with Crippen molar-refractivity contribution in [1.29, 1.82) is 5.26 Å². The van der Waals surface area contributed by atoms with Crippen molar-refractivity contribution in [1.82, 2.24) is 0 Å². The Morgan fingerprint density at radius 2 is 1.58 bits per heavy atom. The third kappa shape index (κ3) is 3.60. The van der Waals surface area contributed by atoms with Gasteiger partial charge >= 0.3 is 0 Å². The van der Waals surface area contributed by atoms with E-state index in [-0.39, 0.29) is 5.91 Å². The lowest BCUT2D eigenvalue weighted by Crippen LogP contribution is -2.12. The topological polar surface area (TPSA) is 62.1 Å². The Bertz CT molecular complexity index is 899. The molecule has 4 heteroatoms. The highest BCUT2D eigenvalue weighted by molar-refractivity contribution is 6.05. The van der Waals surface area contributed by atoms with Gasteiger partial charge in [-0.2, -0.15) is 5.26 Å². The molecular formula is C20H14N2O2. The SMILES string of the molecule is N#Cc1ccccc1NC(=O)c1cccc(Oc2ccccc2)c1. The minimum Gasteiger partial charge on any atom is -0.457 e. The van der Waals surface area contributed by atoms with E-state index < -0.39 is 0 Å². The monoisotopic (exact) mass is 314 g/mol. The lowest BCUT2D eigenvalue weighted by molar-refractivity contribution is 0.102. The van der Waals surface area contributed by atoms with E-state index in [2.05, 4.69) is 11.4 Å². The fourth-order valence-corrected chi connectivity index (χ4v) is 2.21. The van der Waals surface area contributed by atoms with Crippen LogP contribution in [0.1, 0.15) is 15.9 Å². The number of hydrogen-bond acceptors (Lipinski definition) is 3. The summed E-state index contributed by atoms with van der Waals surface area (Å²) < 4.78 is 5.73. The molecule has 116 valence electrons. The first-order valence-electron chi connectivity index (χ1n) is 7.40. The molecule has 0 heterocycles. The van der Waals surface area contributed by atoms with E-state index in [1.165, 1.54) is 0 Å². The highest BCUT2D eigenvalue weighted by Crippen LogP contribution is 2.22. The number of nitrogens with zero attached hydrogens (tertiary/aromatic N) is 1. The average Bonchev–Trinajstić information content (AvgIpc) is 2.63. The summed E-state index contributed by atoms with van der Waals surface area (Å²) in [6.45, 7) is 0. The van der Waals surface area contributed by atoms with Crippen LogP contribution < -0.4 is 10.1 Å². The third-order valence-electron chi connectivity index (χ3n) is 3.37. The normalized spacial score (nSPS) is 9.79. The van der Waals surface area contributed by atoms with Gasteiger partial charge in [-0.05, 0) is 42.5 Å². The van der Waals surface area contributed by atoms with Crippen molar-refractivity contribution in [2.75, 3.05) is 5.32 Å². The zero-order valence-electron chi connectivity index (χ0n) is 12.8. The minimum absolute atomic E-state index is 0.295. The molecule has 0 fully saturated rings. The third-order valence-corrected chi connectivity index (χ3v) is 3.37. The number of anilines is 1. The lowest BCUT2D eigenvalue weighted by Gasteiger charge is -2.09. The van der Waals surface area contributed by atoms with Crippen LogP contribution in [-0.4, -0.2) is 5.91 Å². The fraction of sp³-hybridized carbons (Fsp3) is 0. The van der Waals surface area contributed by atoms with Crippen molar-refractivity contribution in [3.8, 4) is 17.6 Å². The van der Waals surface area contributed by atoms with Crippen molar-refractivity contribution in [3.05, 3.63) is 90.0 Å². The maximum Gasteiger partial charge on any atom is 0.255 e. The van der Waals surface area contributed by atoms with Crippen LogP contribution in [0.5, 0.6) is 11.5 Å². The van der Waals surface area contributed by atoms with Gasteiger partial charge in [0.2, 0.25) is 0 Å². The number of nitrogens with one attached hydrogen (secondary N) is 1. The average molecular weight is 314 g/mol. The number of rotatable bonds is 4. The van der Waals surface area contributed by atoms with E-state index in [1.807, 2.05) is 30.3 Å². The zero-order chi connectivity index (χ0) is 16.8. The van der Waals surface area contributed by atoms with Gasteiger partial charge in [-0.1, -0.05) is 36.4 Å². The minimum atomic E-state index is -0.295. The van der Waals surface area contributed by atoms with Crippen molar-refractivity contribution in [2.45, 2.75) is 0 Å². The van der Waals surface area contributed by atoms with Crippen molar-refractivity contribution >= 4 is 11.6 Å². The molecule has 0 aliphatic carbocycles. The smallest absolute Gasteiger partial charge is 0.255 e. The second-order valence-corrected chi connectivity index (χ2v) is 5.05. The second kappa shape index (κ2) is 7.12. The molecule has 3 rings (SSSR count). The van der Waals surface area contributed by atoms with Crippen LogP contribution >= 0.6 is 0 Å². The summed E-state index contributed by atoms with van der Waals surface area (Å²) in [4.78, 5) is 12.4. The highest BCUT2D eigenvalue weighted by atomic mass is 16.5. The zero-order valence-corrected chi connectivity index (χ0v) is 12.8. The number of benzene rings is 3.